The summed E-state index contributed by atoms with van der Waals surface area (Å²) >= 11 is 17.7. The van der Waals surface area contributed by atoms with Crippen molar-refractivity contribution in [3.8, 4) is 0 Å². The van der Waals surface area contributed by atoms with Crippen LogP contribution < -0.4 is 5.32 Å². The van der Waals surface area contributed by atoms with Crippen molar-refractivity contribution in [3.63, 3.8) is 0 Å². The van der Waals surface area contributed by atoms with Crippen LogP contribution in [0.5, 0.6) is 0 Å². The summed E-state index contributed by atoms with van der Waals surface area (Å²) in [5, 5.41) is 3.62. The molecule has 0 bridgehead atoms. The molecular weight excluding hydrogens is 242 g/mol. The molecule has 0 atom stereocenters. The summed E-state index contributed by atoms with van der Waals surface area (Å²) < 4.78 is -1.12. The number of rotatable bonds is 3. The fourth-order valence-electron chi connectivity index (χ4n) is 0.819. The molecule has 1 aromatic rings. The van der Waals surface area contributed by atoms with Crippen LogP contribution in [-0.2, 0) is 0 Å². The molecule has 0 aliphatic rings. The van der Waals surface area contributed by atoms with E-state index in [9.17, 15) is 0 Å². The molecule has 1 aromatic carbocycles. The van der Waals surface area contributed by atoms with Gasteiger partial charge in [-0.25, -0.2) is 0 Å². The van der Waals surface area contributed by atoms with Gasteiger partial charge in [-0.3, -0.25) is 4.90 Å². The van der Waals surface area contributed by atoms with Crippen LogP contribution >= 0.6 is 34.8 Å². The number of anilines is 1. The van der Waals surface area contributed by atoms with Crippen LogP contribution in [0.25, 0.3) is 0 Å². The van der Waals surface area contributed by atoms with E-state index in [0.717, 1.165) is 5.69 Å². The summed E-state index contributed by atoms with van der Waals surface area (Å²) in [5.41, 5.74) is 0.813. The molecule has 0 fully saturated rings. The summed E-state index contributed by atoms with van der Waals surface area (Å²) in [6.07, 6.45) is 0. The predicted octanol–water partition coefficient (Wildman–Crippen LogP) is 3.40. The van der Waals surface area contributed by atoms with Crippen LogP contribution in [0, 0.1) is 0 Å². The molecule has 0 amide bonds. The van der Waals surface area contributed by atoms with Crippen molar-refractivity contribution in [2.45, 2.75) is 4.58 Å². The molecule has 0 aromatic heterocycles. The number of nitrogens with one attached hydrogen (secondary N) is 1. The molecular formula is C9H11Cl3N2. The normalized spacial score (nSPS) is 11.9. The molecule has 1 rings (SSSR count). The zero-order chi connectivity index (χ0) is 10.8. The number of halogens is 3. The topological polar surface area (TPSA) is 15.3 Å². The molecule has 0 heterocycles. The Bertz CT molecular complexity index is 295. The van der Waals surface area contributed by atoms with Gasteiger partial charge in [0.1, 0.15) is 0 Å². The molecule has 0 saturated heterocycles. The quantitative estimate of drug-likeness (QED) is 0.505. The van der Waals surface area contributed by atoms with Gasteiger partial charge < -0.3 is 5.32 Å². The molecule has 0 radical (unpaired) electrons. The third-order valence-electron chi connectivity index (χ3n) is 1.70. The van der Waals surface area contributed by atoms with Crippen LogP contribution in [0.15, 0.2) is 24.3 Å². The Kier molecular flexibility index (Phi) is 3.90. The van der Waals surface area contributed by atoms with E-state index in [4.69, 9.17) is 34.8 Å². The highest BCUT2D eigenvalue weighted by molar-refractivity contribution is 6.49. The van der Waals surface area contributed by atoms with Crippen molar-refractivity contribution in [2.75, 3.05) is 19.4 Å². The lowest BCUT2D eigenvalue weighted by Crippen LogP contribution is -2.40. The number of hydrogen-bond acceptors (Lipinski definition) is 2. The van der Waals surface area contributed by atoms with E-state index < -0.39 is 4.58 Å². The van der Waals surface area contributed by atoms with Gasteiger partial charge >= 0.3 is 0 Å². The minimum atomic E-state index is -1.12. The Hall–Kier alpha value is -0.150. The first-order chi connectivity index (χ1) is 6.42. The lowest BCUT2D eigenvalue weighted by Gasteiger charge is -2.28. The van der Waals surface area contributed by atoms with Gasteiger partial charge in [-0.15, -0.1) is 0 Å². The second kappa shape index (κ2) is 4.58. The summed E-state index contributed by atoms with van der Waals surface area (Å²) in [6, 6.07) is 7.16. The highest BCUT2D eigenvalue weighted by Gasteiger charge is 2.25. The molecule has 0 unspecified atom stereocenters. The van der Waals surface area contributed by atoms with Gasteiger partial charge in [0, 0.05) is 10.7 Å². The van der Waals surface area contributed by atoms with E-state index in [1.165, 1.54) is 0 Å². The molecule has 2 nitrogen and oxygen atoms in total. The van der Waals surface area contributed by atoms with Gasteiger partial charge in [-0.05, 0) is 38.4 Å². The Morgan fingerprint density at radius 1 is 1.14 bits per heavy atom. The number of hydrogen-bond donors (Lipinski definition) is 1. The third kappa shape index (κ3) is 3.21. The molecule has 14 heavy (non-hydrogen) atoms. The largest absolute Gasteiger partial charge is 0.342 e. The smallest absolute Gasteiger partial charge is 0.247 e. The fourth-order valence-corrected chi connectivity index (χ4v) is 1.16. The van der Waals surface area contributed by atoms with Crippen LogP contribution in [0.4, 0.5) is 5.69 Å². The third-order valence-corrected chi connectivity index (χ3v) is 2.82. The van der Waals surface area contributed by atoms with Crippen molar-refractivity contribution in [3.05, 3.63) is 29.3 Å². The van der Waals surface area contributed by atoms with Gasteiger partial charge in [-0.1, -0.05) is 34.8 Å². The minimum absolute atomic E-state index is 0.676. The van der Waals surface area contributed by atoms with Crippen molar-refractivity contribution in [1.29, 1.82) is 0 Å². The van der Waals surface area contributed by atoms with Crippen molar-refractivity contribution >= 4 is 40.5 Å². The molecule has 0 aliphatic carbocycles. The molecule has 0 aliphatic heterocycles. The minimum Gasteiger partial charge on any atom is -0.342 e. The van der Waals surface area contributed by atoms with E-state index in [2.05, 4.69) is 5.32 Å². The van der Waals surface area contributed by atoms with E-state index in [1.807, 2.05) is 12.1 Å². The van der Waals surface area contributed by atoms with Crippen LogP contribution in [0.3, 0.4) is 0 Å². The van der Waals surface area contributed by atoms with Crippen LogP contribution in [-0.4, -0.2) is 23.6 Å². The highest BCUT2D eigenvalue weighted by Crippen LogP contribution is 2.26. The van der Waals surface area contributed by atoms with E-state index >= 15 is 0 Å². The zero-order valence-corrected chi connectivity index (χ0v) is 10.2. The molecule has 0 saturated carbocycles. The summed E-state index contributed by atoms with van der Waals surface area (Å²) in [7, 11) is 3.56. The van der Waals surface area contributed by atoms with Gasteiger partial charge in [0.15, 0.2) is 0 Å². The maximum Gasteiger partial charge on any atom is 0.247 e. The Labute approximate surface area is 98.7 Å². The van der Waals surface area contributed by atoms with E-state index in [-0.39, 0.29) is 0 Å². The standard InChI is InChI=1S/C9H11Cl3N2/c1-14(2)9(11,12)13-8-5-3-7(10)4-6-8/h3-6,13H,1-2H3. The van der Waals surface area contributed by atoms with Crippen molar-refractivity contribution in [2.24, 2.45) is 0 Å². The van der Waals surface area contributed by atoms with E-state index in [0.29, 0.717) is 5.02 Å². The second-order valence-corrected chi connectivity index (χ2v) is 4.79. The first kappa shape index (κ1) is 11.9. The van der Waals surface area contributed by atoms with Gasteiger partial charge in [0.25, 0.3) is 0 Å². The number of benzene rings is 1. The predicted molar refractivity (Wildman–Crippen MR) is 63.2 cm³/mol. The van der Waals surface area contributed by atoms with Crippen LogP contribution in [0.2, 0.25) is 5.02 Å². The summed E-state index contributed by atoms with van der Waals surface area (Å²) in [4.78, 5) is 1.66. The Morgan fingerprint density at radius 3 is 2.07 bits per heavy atom. The fraction of sp³-hybridized carbons (Fsp3) is 0.333. The number of alkyl halides is 2. The summed E-state index contributed by atoms with van der Waals surface area (Å²) in [5.74, 6) is 0. The first-order valence-corrected chi connectivity index (χ1v) is 5.14. The lowest BCUT2D eigenvalue weighted by atomic mass is 10.3. The van der Waals surface area contributed by atoms with Gasteiger partial charge in [-0.2, -0.15) is 0 Å². The Morgan fingerprint density at radius 2 is 1.64 bits per heavy atom. The average molecular weight is 254 g/mol. The maximum absolute atomic E-state index is 5.99. The molecule has 0 spiro atoms. The molecule has 5 heteroatoms. The van der Waals surface area contributed by atoms with Crippen molar-refractivity contribution < 1.29 is 0 Å². The average Bonchev–Trinajstić information content (AvgIpc) is 2.08. The summed E-state index contributed by atoms with van der Waals surface area (Å²) in [6.45, 7) is 0. The lowest BCUT2D eigenvalue weighted by molar-refractivity contribution is 0.366. The number of nitrogens with zero attached hydrogens (tertiary/aromatic N) is 1. The zero-order valence-electron chi connectivity index (χ0n) is 7.89. The van der Waals surface area contributed by atoms with E-state index in [1.54, 1.807) is 31.1 Å². The monoisotopic (exact) mass is 252 g/mol. The second-order valence-electron chi connectivity index (χ2n) is 3.07. The molecule has 1 N–H and O–H groups in total. The van der Waals surface area contributed by atoms with Crippen molar-refractivity contribution in [1.82, 2.24) is 4.90 Å². The first-order valence-electron chi connectivity index (χ1n) is 4.01. The van der Waals surface area contributed by atoms with Gasteiger partial charge in [0.2, 0.25) is 4.58 Å². The van der Waals surface area contributed by atoms with Crippen LogP contribution in [0.1, 0.15) is 0 Å². The SMILES string of the molecule is CN(C)C(Cl)(Cl)Nc1ccc(Cl)cc1. The maximum atomic E-state index is 5.99. The highest BCUT2D eigenvalue weighted by atomic mass is 35.5. The molecule has 78 valence electrons. The van der Waals surface area contributed by atoms with Gasteiger partial charge in [0.05, 0.1) is 0 Å². The Balaban J connectivity index is 2.74.